The molecule has 0 radical (unpaired) electrons. The third-order valence-electron chi connectivity index (χ3n) is 3.52. The first-order valence-corrected chi connectivity index (χ1v) is 6.50. The summed E-state index contributed by atoms with van der Waals surface area (Å²) in [6.07, 6.45) is 0. The van der Waals surface area contributed by atoms with Crippen molar-refractivity contribution < 1.29 is 14.7 Å². The molecule has 1 aromatic carbocycles. The second kappa shape index (κ2) is 5.94. The first-order chi connectivity index (χ1) is 9.12. The van der Waals surface area contributed by atoms with E-state index < -0.39 is 5.97 Å². The number of nitrogens with one attached hydrogen (secondary N) is 1. The van der Waals surface area contributed by atoms with Gasteiger partial charge in [-0.2, -0.15) is 0 Å². The Hall–Kier alpha value is -2.04. The fourth-order valence-corrected chi connectivity index (χ4v) is 1.70. The highest BCUT2D eigenvalue weighted by atomic mass is 16.4. The molecule has 0 spiro atoms. The number of anilines is 1. The standard InChI is InChI=1S/C15H22N2O3/c1-10(15(2,3)4)17(5)14(20)16-12-8-6-7-11(9-12)13(18)19/h6-10H,1-5H3,(H,16,20)(H,18,19). The lowest BCUT2D eigenvalue weighted by atomic mass is 9.87. The summed E-state index contributed by atoms with van der Waals surface area (Å²) in [4.78, 5) is 24.7. The van der Waals surface area contributed by atoms with Crippen molar-refractivity contribution in [3.63, 3.8) is 0 Å². The van der Waals surface area contributed by atoms with Crippen molar-refractivity contribution in [2.45, 2.75) is 33.7 Å². The van der Waals surface area contributed by atoms with E-state index in [0.717, 1.165) is 0 Å². The number of hydrogen-bond acceptors (Lipinski definition) is 2. The second-order valence-corrected chi connectivity index (χ2v) is 5.97. The van der Waals surface area contributed by atoms with E-state index in [9.17, 15) is 9.59 Å². The smallest absolute Gasteiger partial charge is 0.335 e. The largest absolute Gasteiger partial charge is 0.478 e. The molecule has 2 N–H and O–H groups in total. The van der Waals surface area contributed by atoms with Crippen LogP contribution in [0, 0.1) is 5.41 Å². The van der Waals surface area contributed by atoms with E-state index in [0.29, 0.717) is 5.69 Å². The van der Waals surface area contributed by atoms with Crippen LogP contribution in [0.4, 0.5) is 10.5 Å². The highest BCUT2D eigenvalue weighted by Crippen LogP contribution is 2.23. The Labute approximate surface area is 119 Å². The number of amides is 2. The molecule has 0 heterocycles. The summed E-state index contributed by atoms with van der Waals surface area (Å²) in [6.45, 7) is 8.17. The van der Waals surface area contributed by atoms with Crippen LogP contribution in [0.5, 0.6) is 0 Å². The monoisotopic (exact) mass is 278 g/mol. The number of benzene rings is 1. The Balaban J connectivity index is 2.81. The number of hydrogen-bond donors (Lipinski definition) is 2. The lowest BCUT2D eigenvalue weighted by molar-refractivity contribution is 0.0697. The van der Waals surface area contributed by atoms with Gasteiger partial charge in [-0.25, -0.2) is 9.59 Å². The number of rotatable bonds is 3. The molecule has 0 saturated heterocycles. The van der Waals surface area contributed by atoms with Crippen LogP contribution in [0.15, 0.2) is 24.3 Å². The minimum atomic E-state index is -1.02. The van der Waals surface area contributed by atoms with Gasteiger partial charge in [-0.1, -0.05) is 26.8 Å². The first kappa shape index (κ1) is 16.0. The molecule has 20 heavy (non-hydrogen) atoms. The summed E-state index contributed by atoms with van der Waals surface area (Å²) in [5, 5.41) is 11.6. The maximum atomic E-state index is 12.1. The Bertz CT molecular complexity index is 506. The Kier molecular flexibility index (Phi) is 4.76. The fourth-order valence-electron chi connectivity index (χ4n) is 1.70. The molecule has 110 valence electrons. The molecule has 5 nitrogen and oxygen atoms in total. The zero-order valence-corrected chi connectivity index (χ0v) is 12.6. The third kappa shape index (κ3) is 3.98. The van der Waals surface area contributed by atoms with Gasteiger partial charge in [0, 0.05) is 18.8 Å². The average molecular weight is 278 g/mol. The molecule has 1 rings (SSSR count). The zero-order chi connectivity index (χ0) is 15.5. The fraction of sp³-hybridized carbons (Fsp3) is 0.467. The van der Waals surface area contributed by atoms with Crippen LogP contribution >= 0.6 is 0 Å². The third-order valence-corrected chi connectivity index (χ3v) is 3.52. The molecular formula is C15H22N2O3. The average Bonchev–Trinajstić information content (AvgIpc) is 2.36. The summed E-state index contributed by atoms with van der Waals surface area (Å²) in [6, 6.07) is 5.99. The van der Waals surface area contributed by atoms with Gasteiger partial charge in [-0.05, 0) is 30.5 Å². The van der Waals surface area contributed by atoms with E-state index in [1.54, 1.807) is 24.1 Å². The maximum Gasteiger partial charge on any atom is 0.335 e. The maximum absolute atomic E-state index is 12.1. The van der Waals surface area contributed by atoms with Crippen LogP contribution in [-0.2, 0) is 0 Å². The van der Waals surface area contributed by atoms with Crippen molar-refractivity contribution in [2.24, 2.45) is 5.41 Å². The van der Waals surface area contributed by atoms with E-state index in [-0.39, 0.29) is 23.1 Å². The van der Waals surface area contributed by atoms with Crippen LogP contribution in [0.2, 0.25) is 0 Å². The number of nitrogens with zero attached hydrogens (tertiary/aromatic N) is 1. The van der Waals surface area contributed by atoms with Crippen molar-refractivity contribution in [2.75, 3.05) is 12.4 Å². The van der Waals surface area contributed by atoms with Gasteiger partial charge in [0.25, 0.3) is 0 Å². The molecule has 0 bridgehead atoms. The number of urea groups is 1. The van der Waals surface area contributed by atoms with Crippen molar-refractivity contribution >= 4 is 17.7 Å². The van der Waals surface area contributed by atoms with Crippen molar-refractivity contribution in [1.29, 1.82) is 0 Å². The molecule has 0 saturated carbocycles. The molecule has 1 unspecified atom stereocenters. The Morgan fingerprint density at radius 1 is 1.30 bits per heavy atom. The van der Waals surface area contributed by atoms with Crippen molar-refractivity contribution in [1.82, 2.24) is 4.90 Å². The van der Waals surface area contributed by atoms with Gasteiger partial charge in [0.2, 0.25) is 0 Å². The topological polar surface area (TPSA) is 69.6 Å². The minimum Gasteiger partial charge on any atom is -0.478 e. The van der Waals surface area contributed by atoms with Crippen molar-refractivity contribution in [3.05, 3.63) is 29.8 Å². The van der Waals surface area contributed by atoms with E-state index >= 15 is 0 Å². The quantitative estimate of drug-likeness (QED) is 0.891. The highest BCUT2D eigenvalue weighted by molar-refractivity contribution is 5.93. The summed E-state index contributed by atoms with van der Waals surface area (Å²) >= 11 is 0. The van der Waals surface area contributed by atoms with Crippen molar-refractivity contribution in [3.8, 4) is 0 Å². The molecular weight excluding hydrogens is 256 g/mol. The molecule has 0 aliphatic heterocycles. The molecule has 1 atom stereocenters. The zero-order valence-electron chi connectivity index (χ0n) is 12.6. The van der Waals surface area contributed by atoms with Crippen LogP contribution in [0.25, 0.3) is 0 Å². The SMILES string of the molecule is CC(N(C)C(=O)Nc1cccc(C(=O)O)c1)C(C)(C)C. The van der Waals surface area contributed by atoms with Gasteiger partial charge in [0.15, 0.2) is 0 Å². The molecule has 0 aliphatic carbocycles. The minimum absolute atomic E-state index is 0.0327. The van der Waals surface area contributed by atoms with E-state index in [1.807, 2.05) is 6.92 Å². The normalized spacial score (nSPS) is 12.7. The molecule has 0 aromatic heterocycles. The van der Waals surface area contributed by atoms with Crippen LogP contribution in [0.3, 0.4) is 0 Å². The van der Waals surface area contributed by atoms with Crippen LogP contribution in [0.1, 0.15) is 38.1 Å². The number of carboxylic acids is 1. The molecule has 1 aromatic rings. The number of aromatic carboxylic acids is 1. The predicted octanol–water partition coefficient (Wildman–Crippen LogP) is 3.28. The van der Waals surface area contributed by atoms with Crippen LogP contribution in [-0.4, -0.2) is 35.1 Å². The highest BCUT2D eigenvalue weighted by Gasteiger charge is 2.27. The summed E-state index contributed by atoms with van der Waals surface area (Å²) < 4.78 is 0. The molecule has 0 fully saturated rings. The van der Waals surface area contributed by atoms with E-state index in [1.165, 1.54) is 12.1 Å². The molecule has 0 aliphatic rings. The number of carboxylic acid groups (broad SMARTS) is 1. The summed E-state index contributed by atoms with van der Waals surface area (Å²) in [7, 11) is 1.73. The number of carbonyl (C=O) groups is 2. The van der Waals surface area contributed by atoms with Gasteiger partial charge < -0.3 is 15.3 Å². The van der Waals surface area contributed by atoms with Gasteiger partial charge in [-0.15, -0.1) is 0 Å². The summed E-state index contributed by atoms with van der Waals surface area (Å²) in [5.41, 5.74) is 0.590. The van der Waals surface area contributed by atoms with E-state index in [2.05, 4.69) is 26.1 Å². The Morgan fingerprint density at radius 3 is 2.40 bits per heavy atom. The predicted molar refractivity (Wildman–Crippen MR) is 79.1 cm³/mol. The van der Waals surface area contributed by atoms with Gasteiger partial charge in [-0.3, -0.25) is 0 Å². The van der Waals surface area contributed by atoms with Gasteiger partial charge in [0.05, 0.1) is 5.56 Å². The Morgan fingerprint density at radius 2 is 1.90 bits per heavy atom. The van der Waals surface area contributed by atoms with Gasteiger partial charge >= 0.3 is 12.0 Å². The summed E-state index contributed by atoms with van der Waals surface area (Å²) in [5.74, 6) is -1.02. The molecule has 5 heteroatoms. The van der Waals surface area contributed by atoms with E-state index in [4.69, 9.17) is 5.11 Å². The second-order valence-electron chi connectivity index (χ2n) is 5.97. The molecule has 2 amide bonds. The van der Waals surface area contributed by atoms with Gasteiger partial charge in [0.1, 0.15) is 0 Å². The lowest BCUT2D eigenvalue weighted by Gasteiger charge is -2.35. The number of carbonyl (C=O) groups excluding carboxylic acids is 1. The first-order valence-electron chi connectivity index (χ1n) is 6.50. The van der Waals surface area contributed by atoms with Crippen LogP contribution < -0.4 is 5.32 Å². The lowest BCUT2D eigenvalue weighted by Crippen LogP contribution is -2.44.